The first-order chi connectivity index (χ1) is 17.3. The molecule has 0 spiro atoms. The molecule has 4 aliphatic rings. The predicted molar refractivity (Wildman–Crippen MR) is 115 cm³/mol. The van der Waals surface area contributed by atoms with Crippen molar-refractivity contribution < 1.29 is 67.4 Å². The van der Waals surface area contributed by atoms with Crippen LogP contribution in [0, 0.1) is 0 Å². The molecule has 0 aliphatic carbocycles. The van der Waals surface area contributed by atoms with E-state index in [0.29, 0.717) is 0 Å². The van der Waals surface area contributed by atoms with Gasteiger partial charge in [-0.2, -0.15) is 18.8 Å². The van der Waals surface area contributed by atoms with Gasteiger partial charge in [0.2, 0.25) is 12.2 Å². The maximum Gasteiger partial charge on any atom is 0.434 e. The number of imidazole rings is 1. The Morgan fingerprint density at radius 3 is 2.19 bits per heavy atom. The molecule has 2 fully saturated rings. The fraction of sp³-hybridized carbons (Fsp3) is 0.706. The Balaban J connectivity index is 1.59. The summed E-state index contributed by atoms with van der Waals surface area (Å²) in [5.74, 6) is 0.257. The van der Waals surface area contributed by atoms with Crippen molar-refractivity contribution in [2.24, 2.45) is 0 Å². The first-order valence-corrected chi connectivity index (χ1v) is 13.9. The normalized spacial score (nSPS) is 42.9. The Bertz CT molecular complexity index is 1150. The summed E-state index contributed by atoms with van der Waals surface area (Å²) in [5, 5.41) is 42.2. The predicted octanol–water partition coefficient (Wildman–Crippen LogP) is -4.85. The molecule has 0 amide bonds. The molecule has 206 valence electrons. The maximum atomic E-state index is 12.3. The summed E-state index contributed by atoms with van der Waals surface area (Å²) in [6.07, 6.45) is -8.76. The van der Waals surface area contributed by atoms with Crippen LogP contribution in [0.3, 0.4) is 0 Å². The van der Waals surface area contributed by atoms with E-state index in [-0.39, 0.29) is 17.1 Å². The number of aliphatic hydroxyl groups is 4. The molecule has 37 heavy (non-hydrogen) atoms. The lowest BCUT2D eigenvalue weighted by atomic mass is 10.1. The van der Waals surface area contributed by atoms with E-state index < -0.39 is 78.6 Å². The smallest absolute Gasteiger partial charge is 0.434 e. The number of fused-ring (bicyclic) bond motifs is 7. The summed E-state index contributed by atoms with van der Waals surface area (Å²) >= 11 is 0. The van der Waals surface area contributed by atoms with E-state index in [2.05, 4.69) is 18.8 Å². The molecule has 0 saturated carbocycles. The van der Waals surface area contributed by atoms with Gasteiger partial charge < -0.3 is 44.6 Å². The number of nitrogens with zero attached hydrogens (tertiary/aromatic N) is 5. The Kier molecular flexibility index (Phi) is 7.15. The van der Waals surface area contributed by atoms with E-state index in [0.717, 1.165) is 0 Å². The Hall–Kier alpha value is -1.31. The van der Waals surface area contributed by atoms with E-state index >= 15 is 0 Å². The molecular formula is C17H26N5O13P2+. The second-order valence-corrected chi connectivity index (χ2v) is 12.0. The fourth-order valence-electron chi connectivity index (χ4n) is 4.34. The van der Waals surface area contributed by atoms with Crippen LogP contribution in [0.25, 0.3) is 11.2 Å². The van der Waals surface area contributed by atoms with E-state index in [9.17, 15) is 40.0 Å². The number of ether oxygens (including phenoxy) is 2. The first-order valence-electron chi connectivity index (χ1n) is 10.9. The van der Waals surface area contributed by atoms with Crippen LogP contribution in [0.1, 0.15) is 12.5 Å². The number of aromatic nitrogens is 4. The van der Waals surface area contributed by atoms with Gasteiger partial charge in [-0.3, -0.25) is 0 Å². The third-order valence-corrected chi connectivity index (χ3v) is 8.71. The van der Waals surface area contributed by atoms with Gasteiger partial charge in [-0.1, -0.05) is 0 Å². The van der Waals surface area contributed by atoms with Crippen molar-refractivity contribution in [3.05, 3.63) is 12.5 Å². The van der Waals surface area contributed by atoms with Gasteiger partial charge in [0, 0.05) is 18.4 Å². The van der Waals surface area contributed by atoms with Crippen molar-refractivity contribution in [1.29, 1.82) is 0 Å². The molecule has 6 heterocycles. The van der Waals surface area contributed by atoms with Crippen molar-refractivity contribution in [3.63, 3.8) is 0 Å². The van der Waals surface area contributed by atoms with Gasteiger partial charge in [-0.05, 0) is 4.98 Å². The van der Waals surface area contributed by atoms with E-state index in [4.69, 9.17) is 14.0 Å². The Labute approximate surface area is 209 Å². The molecular weight excluding hydrogens is 544 g/mol. The molecule has 2 saturated heterocycles. The van der Waals surface area contributed by atoms with Crippen LogP contribution in [0.2, 0.25) is 0 Å². The molecule has 4 aliphatic heterocycles. The second kappa shape index (κ2) is 9.71. The average molecular weight is 570 g/mol. The van der Waals surface area contributed by atoms with Crippen molar-refractivity contribution >= 4 is 33.5 Å². The lowest BCUT2D eigenvalue weighted by Crippen LogP contribution is -2.46. The van der Waals surface area contributed by atoms with Gasteiger partial charge in [0.05, 0.1) is 0 Å². The molecule has 8 bridgehead atoms. The minimum atomic E-state index is -5.25. The zero-order valence-electron chi connectivity index (χ0n) is 19.4. The van der Waals surface area contributed by atoms with Crippen molar-refractivity contribution in [3.8, 4) is 0 Å². The highest BCUT2D eigenvalue weighted by Gasteiger charge is 2.53. The standard InChI is InChI=1S/C17H25N5O13P2/c1-20(2)17-19-7-3-21-6-18-14(7)22(17)16-13(26)11(24)9(34-16)5-32-37(29,30)35-36(27,28)31-4-8-10(23)12(25)15(21)33-8/h3,6,8-13,15-16,23-26H,4-5H2,1-2H3,(H-,27,28,29,30)/p+1/t8-,9-,10-,11-,12-,13-,15-,16-/m1/s1. The van der Waals surface area contributed by atoms with Crippen LogP contribution >= 0.6 is 16.3 Å². The highest BCUT2D eigenvalue weighted by Crippen LogP contribution is 2.65. The monoisotopic (exact) mass is 570 g/mol. The number of rotatable bonds is 1. The molecule has 6 N–H and O–H groups in total. The van der Waals surface area contributed by atoms with E-state index in [1.54, 1.807) is 19.0 Å². The minimum absolute atomic E-state index is 0.212. The van der Waals surface area contributed by atoms with Crippen LogP contribution in [0.4, 0.5) is 5.95 Å². The summed E-state index contributed by atoms with van der Waals surface area (Å²) in [7, 11) is -7.16. The summed E-state index contributed by atoms with van der Waals surface area (Å²) < 4.78 is 27.7. The van der Waals surface area contributed by atoms with Gasteiger partial charge in [-0.15, -0.1) is 0 Å². The zero-order valence-corrected chi connectivity index (χ0v) is 21.1. The molecule has 2 aromatic rings. The lowest BCUT2D eigenvalue weighted by molar-refractivity contribution is -0.767. The van der Waals surface area contributed by atoms with E-state index in [1.165, 1.54) is 21.7 Å². The molecule has 20 heteroatoms. The molecule has 18 nitrogen and oxygen atoms in total. The maximum absolute atomic E-state index is 12.3. The Morgan fingerprint density at radius 2 is 1.57 bits per heavy atom. The third kappa shape index (κ3) is 5.05. The molecule has 0 aromatic carbocycles. The summed E-state index contributed by atoms with van der Waals surface area (Å²) in [5.41, 5.74) is 0.472. The van der Waals surface area contributed by atoms with E-state index in [1.807, 2.05) is 0 Å². The van der Waals surface area contributed by atoms with Gasteiger partial charge in [0.15, 0.2) is 11.7 Å². The molecule has 10 atom stereocenters. The quantitative estimate of drug-likeness (QED) is 0.139. The number of phosphoric ester groups is 2. The minimum Gasteiger partial charge on any atom is -0.603 e. The average Bonchev–Trinajstić information content (AvgIpc) is 3.42. The number of hydrogen-bond donors (Lipinski definition) is 6. The molecule has 6 rings (SSSR count). The zero-order chi connectivity index (χ0) is 26.9. The van der Waals surface area contributed by atoms with Gasteiger partial charge in [-0.25, -0.2) is 14.1 Å². The van der Waals surface area contributed by atoms with Crippen LogP contribution in [0.5, 0.6) is 0 Å². The highest BCUT2D eigenvalue weighted by atomic mass is 31.3. The number of aliphatic hydroxyl groups excluding tert-OH is 4. The van der Waals surface area contributed by atoms with Crippen molar-refractivity contribution in [1.82, 2.24) is 14.5 Å². The van der Waals surface area contributed by atoms with Gasteiger partial charge >= 0.3 is 16.3 Å². The molecule has 0 radical (unpaired) electrons. The topological polar surface area (TPSA) is 251 Å². The summed E-state index contributed by atoms with van der Waals surface area (Å²) in [6, 6.07) is 0. The van der Waals surface area contributed by atoms with Crippen LogP contribution in [-0.4, -0.2) is 109 Å². The van der Waals surface area contributed by atoms with Crippen LogP contribution in [0.15, 0.2) is 12.5 Å². The fourth-order valence-corrected chi connectivity index (χ4v) is 6.43. The number of hydrogen-bond acceptors (Lipinski definition) is 16. The van der Waals surface area contributed by atoms with Crippen LogP contribution in [-0.2, 0) is 22.8 Å². The third-order valence-electron chi connectivity index (χ3n) is 6.11. The van der Waals surface area contributed by atoms with Crippen LogP contribution < -0.4 is 19.3 Å². The Morgan fingerprint density at radius 1 is 0.973 bits per heavy atom. The number of phosphoric acid groups is 2. The SMILES string of the molecule is CN(C)c1nc2c[n+]3cnc2n1[C@@H]1O[C@H](CO[P+]([O-])(O)O[P+]([O-])(O)OC[C@H]2O[C@@H]3[C@H](O)[C@@H]2O)[C@@H](O)[C@H]1O. The largest absolute Gasteiger partial charge is 0.603 e. The first kappa shape index (κ1) is 27.3. The highest BCUT2D eigenvalue weighted by molar-refractivity contribution is 7.66. The summed E-state index contributed by atoms with van der Waals surface area (Å²) in [6.45, 7) is -1.63. The lowest BCUT2D eigenvalue weighted by Gasteiger charge is -2.26. The molecule has 2 aromatic heterocycles. The molecule has 2 unspecified atom stereocenters. The van der Waals surface area contributed by atoms with Crippen molar-refractivity contribution in [2.45, 2.75) is 49.1 Å². The van der Waals surface area contributed by atoms with Gasteiger partial charge in [0.1, 0.15) is 56.0 Å². The van der Waals surface area contributed by atoms with Crippen molar-refractivity contribution in [2.75, 3.05) is 32.2 Å². The summed E-state index contributed by atoms with van der Waals surface area (Å²) in [4.78, 5) is 54.7. The number of anilines is 1. The van der Waals surface area contributed by atoms with Gasteiger partial charge in [0.25, 0.3) is 12.0 Å². The second-order valence-electron chi connectivity index (χ2n) is 8.91.